The van der Waals surface area contributed by atoms with Crippen LogP contribution in [0.4, 0.5) is 0 Å². The average molecular weight is 307 g/mol. The lowest BCUT2D eigenvalue weighted by Gasteiger charge is -2.28. The van der Waals surface area contributed by atoms with E-state index in [4.69, 9.17) is 11.6 Å². The zero-order valence-corrected chi connectivity index (χ0v) is 12.8. The van der Waals surface area contributed by atoms with Crippen LogP contribution in [-0.4, -0.2) is 32.7 Å². The van der Waals surface area contributed by atoms with Gasteiger partial charge in [-0.15, -0.1) is 0 Å². The minimum Gasteiger partial charge on any atom is -0.294 e. The standard InChI is InChI=1S/C14H15ClN4S/c1-20-14-17-7-11-9-19(6-4-12(11)18-14)8-10-3-2-5-16-13(10)15/h2-3,5,7H,4,6,8-9H2,1H3. The number of halogens is 1. The van der Waals surface area contributed by atoms with Gasteiger partial charge in [-0.05, 0) is 12.3 Å². The zero-order chi connectivity index (χ0) is 13.9. The van der Waals surface area contributed by atoms with Gasteiger partial charge in [0.25, 0.3) is 0 Å². The lowest BCUT2D eigenvalue weighted by atomic mass is 10.1. The maximum absolute atomic E-state index is 6.12. The van der Waals surface area contributed by atoms with Gasteiger partial charge >= 0.3 is 0 Å². The predicted molar refractivity (Wildman–Crippen MR) is 80.9 cm³/mol. The van der Waals surface area contributed by atoms with Gasteiger partial charge in [0.15, 0.2) is 5.16 Å². The van der Waals surface area contributed by atoms with Crippen LogP contribution in [-0.2, 0) is 19.5 Å². The molecule has 3 heterocycles. The smallest absolute Gasteiger partial charge is 0.187 e. The Labute approximate surface area is 127 Å². The topological polar surface area (TPSA) is 41.9 Å². The van der Waals surface area contributed by atoms with E-state index in [0.717, 1.165) is 36.8 Å². The molecule has 6 heteroatoms. The van der Waals surface area contributed by atoms with Crippen molar-refractivity contribution in [3.05, 3.63) is 46.5 Å². The van der Waals surface area contributed by atoms with E-state index in [2.05, 4.69) is 19.9 Å². The van der Waals surface area contributed by atoms with Gasteiger partial charge in [0.05, 0.1) is 5.69 Å². The second-order valence-electron chi connectivity index (χ2n) is 4.74. The lowest BCUT2D eigenvalue weighted by molar-refractivity contribution is 0.242. The molecule has 104 valence electrons. The van der Waals surface area contributed by atoms with Gasteiger partial charge in [-0.3, -0.25) is 4.90 Å². The van der Waals surface area contributed by atoms with Gasteiger partial charge in [0.1, 0.15) is 5.15 Å². The molecule has 20 heavy (non-hydrogen) atoms. The van der Waals surface area contributed by atoms with E-state index in [-0.39, 0.29) is 0 Å². The number of nitrogens with zero attached hydrogens (tertiary/aromatic N) is 4. The molecule has 0 radical (unpaired) electrons. The molecule has 0 aliphatic carbocycles. The fourth-order valence-corrected chi connectivity index (χ4v) is 2.91. The van der Waals surface area contributed by atoms with Crippen LogP contribution in [0.5, 0.6) is 0 Å². The Morgan fingerprint density at radius 3 is 3.10 bits per heavy atom. The lowest BCUT2D eigenvalue weighted by Crippen LogP contribution is -2.31. The van der Waals surface area contributed by atoms with Crippen molar-refractivity contribution in [2.24, 2.45) is 0 Å². The van der Waals surface area contributed by atoms with Crippen molar-refractivity contribution in [1.29, 1.82) is 0 Å². The van der Waals surface area contributed by atoms with E-state index in [9.17, 15) is 0 Å². The molecule has 0 fully saturated rings. The highest BCUT2D eigenvalue weighted by Gasteiger charge is 2.19. The Morgan fingerprint density at radius 1 is 1.40 bits per heavy atom. The van der Waals surface area contributed by atoms with Crippen LogP contribution < -0.4 is 0 Å². The largest absolute Gasteiger partial charge is 0.294 e. The molecule has 0 saturated carbocycles. The van der Waals surface area contributed by atoms with Crippen molar-refractivity contribution in [2.45, 2.75) is 24.7 Å². The Kier molecular flexibility index (Phi) is 4.19. The summed E-state index contributed by atoms with van der Waals surface area (Å²) in [5.74, 6) is 0. The fourth-order valence-electron chi connectivity index (χ4n) is 2.37. The molecule has 2 aromatic rings. The Bertz CT molecular complexity index is 620. The van der Waals surface area contributed by atoms with Gasteiger partial charge in [0, 0.05) is 49.6 Å². The molecule has 0 amide bonds. The predicted octanol–water partition coefficient (Wildman–Crippen LogP) is 2.81. The first-order valence-electron chi connectivity index (χ1n) is 6.47. The van der Waals surface area contributed by atoms with Crippen LogP contribution in [0.3, 0.4) is 0 Å². The van der Waals surface area contributed by atoms with Crippen molar-refractivity contribution in [3.63, 3.8) is 0 Å². The summed E-state index contributed by atoms with van der Waals surface area (Å²) in [7, 11) is 0. The molecule has 4 nitrogen and oxygen atoms in total. The summed E-state index contributed by atoms with van der Waals surface area (Å²) in [5, 5.41) is 1.44. The molecule has 2 aromatic heterocycles. The highest BCUT2D eigenvalue weighted by atomic mass is 35.5. The number of fused-ring (bicyclic) bond motifs is 1. The van der Waals surface area contributed by atoms with Crippen LogP contribution in [0.2, 0.25) is 5.15 Å². The van der Waals surface area contributed by atoms with Gasteiger partial charge in [-0.25, -0.2) is 15.0 Å². The molecule has 1 aliphatic heterocycles. The molecule has 1 aliphatic rings. The summed E-state index contributed by atoms with van der Waals surface area (Å²) in [4.78, 5) is 15.4. The summed E-state index contributed by atoms with van der Waals surface area (Å²) < 4.78 is 0. The quantitative estimate of drug-likeness (QED) is 0.495. The molecule has 0 N–H and O–H groups in total. The third kappa shape index (κ3) is 2.95. The number of hydrogen-bond acceptors (Lipinski definition) is 5. The second-order valence-corrected chi connectivity index (χ2v) is 5.87. The van der Waals surface area contributed by atoms with E-state index < -0.39 is 0 Å². The van der Waals surface area contributed by atoms with Crippen LogP contribution in [0.25, 0.3) is 0 Å². The van der Waals surface area contributed by atoms with Crippen LogP contribution in [0.1, 0.15) is 16.8 Å². The van der Waals surface area contributed by atoms with Gasteiger partial charge in [-0.2, -0.15) is 0 Å². The van der Waals surface area contributed by atoms with Crippen molar-refractivity contribution < 1.29 is 0 Å². The number of hydrogen-bond donors (Lipinski definition) is 0. The monoisotopic (exact) mass is 306 g/mol. The van der Waals surface area contributed by atoms with E-state index in [0.29, 0.717) is 5.15 Å². The summed E-state index contributed by atoms with van der Waals surface area (Å²) in [6.45, 7) is 2.68. The summed E-state index contributed by atoms with van der Waals surface area (Å²) >= 11 is 7.70. The number of rotatable bonds is 3. The molecule has 0 unspecified atom stereocenters. The first kappa shape index (κ1) is 13.8. The molecule has 0 bridgehead atoms. The van der Waals surface area contributed by atoms with Crippen LogP contribution >= 0.6 is 23.4 Å². The van der Waals surface area contributed by atoms with Gasteiger partial charge < -0.3 is 0 Å². The highest BCUT2D eigenvalue weighted by Crippen LogP contribution is 2.22. The van der Waals surface area contributed by atoms with E-state index >= 15 is 0 Å². The second kappa shape index (κ2) is 6.08. The first-order chi connectivity index (χ1) is 9.76. The maximum atomic E-state index is 6.12. The molecular weight excluding hydrogens is 292 g/mol. The van der Waals surface area contributed by atoms with Gasteiger partial charge in [-0.1, -0.05) is 29.4 Å². The molecule has 0 atom stereocenters. The summed E-state index contributed by atoms with van der Waals surface area (Å²) in [5.41, 5.74) is 3.46. The van der Waals surface area contributed by atoms with E-state index in [1.54, 1.807) is 18.0 Å². The van der Waals surface area contributed by atoms with Crippen LogP contribution in [0, 0.1) is 0 Å². The Balaban J connectivity index is 1.74. The average Bonchev–Trinajstić information content (AvgIpc) is 2.49. The molecular formula is C14H15ClN4S. The fraction of sp³-hybridized carbons (Fsp3) is 0.357. The Morgan fingerprint density at radius 2 is 2.30 bits per heavy atom. The number of aromatic nitrogens is 3. The van der Waals surface area contributed by atoms with E-state index in [1.807, 2.05) is 24.6 Å². The number of thioether (sulfide) groups is 1. The molecule has 0 saturated heterocycles. The summed E-state index contributed by atoms with van der Waals surface area (Å²) in [6, 6.07) is 3.95. The highest BCUT2D eigenvalue weighted by molar-refractivity contribution is 7.98. The van der Waals surface area contributed by atoms with E-state index in [1.165, 1.54) is 11.3 Å². The van der Waals surface area contributed by atoms with Crippen molar-refractivity contribution >= 4 is 23.4 Å². The zero-order valence-electron chi connectivity index (χ0n) is 11.2. The minimum atomic E-state index is 0.590. The first-order valence-corrected chi connectivity index (χ1v) is 8.07. The van der Waals surface area contributed by atoms with Crippen molar-refractivity contribution in [3.8, 4) is 0 Å². The third-order valence-electron chi connectivity index (χ3n) is 3.40. The SMILES string of the molecule is CSc1ncc2c(n1)CCN(Cc1cccnc1Cl)C2. The van der Waals surface area contributed by atoms with Crippen LogP contribution in [0.15, 0.2) is 29.7 Å². The minimum absolute atomic E-state index is 0.590. The van der Waals surface area contributed by atoms with Gasteiger partial charge in [0.2, 0.25) is 0 Å². The summed E-state index contributed by atoms with van der Waals surface area (Å²) in [6.07, 6.45) is 6.63. The van der Waals surface area contributed by atoms with Crippen molar-refractivity contribution in [1.82, 2.24) is 19.9 Å². The molecule has 0 spiro atoms. The molecule has 3 rings (SSSR count). The third-order valence-corrected chi connectivity index (χ3v) is 4.31. The maximum Gasteiger partial charge on any atom is 0.187 e. The van der Waals surface area contributed by atoms with Crippen molar-refractivity contribution in [2.75, 3.05) is 12.8 Å². The number of pyridine rings is 1. The molecule has 0 aromatic carbocycles. The Hall–Kier alpha value is -1.17. The normalized spacial score (nSPS) is 15.1.